The number of aromatic nitrogens is 2. The Balaban J connectivity index is 1.51. The Morgan fingerprint density at radius 3 is 2.76 bits per heavy atom. The van der Waals surface area contributed by atoms with E-state index in [1.54, 1.807) is 36.5 Å². The molecule has 0 saturated carbocycles. The molecule has 3 aromatic rings. The number of rotatable bonds is 6. The van der Waals surface area contributed by atoms with Crippen LogP contribution < -0.4 is 10.1 Å². The van der Waals surface area contributed by atoms with E-state index in [0.717, 1.165) is 15.2 Å². The highest BCUT2D eigenvalue weighted by molar-refractivity contribution is 9.10. The van der Waals surface area contributed by atoms with Crippen LogP contribution in [0.3, 0.4) is 0 Å². The van der Waals surface area contributed by atoms with Crippen molar-refractivity contribution in [3.05, 3.63) is 68.2 Å². The molecule has 1 N–H and O–H groups in total. The van der Waals surface area contributed by atoms with Crippen LogP contribution in [0.4, 0.5) is 5.82 Å². The molecule has 128 valence electrons. The van der Waals surface area contributed by atoms with Gasteiger partial charge in [0.2, 0.25) is 5.91 Å². The van der Waals surface area contributed by atoms with Gasteiger partial charge in [0.05, 0.1) is 12.1 Å². The molecule has 0 aliphatic heterocycles. The highest BCUT2D eigenvalue weighted by Gasteiger charge is 2.09. The summed E-state index contributed by atoms with van der Waals surface area (Å²) in [6.07, 6.45) is 1.82. The van der Waals surface area contributed by atoms with Crippen molar-refractivity contribution in [2.75, 3.05) is 5.32 Å². The molecule has 0 unspecified atom stereocenters. The SMILES string of the molecule is O=C(Cc1csc(COc2ccc(Cl)cc2)n1)Nc1ccc(Br)cn1. The smallest absolute Gasteiger partial charge is 0.231 e. The first-order valence-corrected chi connectivity index (χ1v) is 9.36. The number of nitrogens with one attached hydrogen (secondary N) is 1. The number of halogens is 2. The summed E-state index contributed by atoms with van der Waals surface area (Å²) >= 11 is 10.6. The summed E-state index contributed by atoms with van der Waals surface area (Å²) < 4.78 is 6.50. The van der Waals surface area contributed by atoms with Crippen molar-refractivity contribution in [1.82, 2.24) is 9.97 Å². The lowest BCUT2D eigenvalue weighted by atomic mass is 10.3. The number of pyridine rings is 1. The van der Waals surface area contributed by atoms with Gasteiger partial charge in [0.25, 0.3) is 0 Å². The summed E-state index contributed by atoms with van der Waals surface area (Å²) in [5, 5.41) is 6.06. The number of anilines is 1. The van der Waals surface area contributed by atoms with Gasteiger partial charge in [0, 0.05) is 21.1 Å². The molecule has 8 heteroatoms. The van der Waals surface area contributed by atoms with Crippen LogP contribution in [0.5, 0.6) is 5.75 Å². The van der Waals surface area contributed by atoms with Gasteiger partial charge in [0.1, 0.15) is 23.2 Å². The van der Waals surface area contributed by atoms with Gasteiger partial charge >= 0.3 is 0 Å². The number of carbonyl (C=O) groups excluding carboxylic acids is 1. The maximum atomic E-state index is 12.0. The highest BCUT2D eigenvalue weighted by Crippen LogP contribution is 2.18. The molecule has 2 aromatic heterocycles. The van der Waals surface area contributed by atoms with Crippen LogP contribution in [0, 0.1) is 0 Å². The van der Waals surface area contributed by atoms with Gasteiger partial charge in [-0.1, -0.05) is 11.6 Å². The maximum Gasteiger partial charge on any atom is 0.231 e. The lowest BCUT2D eigenvalue weighted by molar-refractivity contribution is -0.115. The molecule has 0 saturated heterocycles. The number of ether oxygens (including phenoxy) is 1. The second kappa shape index (κ2) is 8.42. The molecular formula is C17H13BrClN3O2S. The quantitative estimate of drug-likeness (QED) is 0.605. The van der Waals surface area contributed by atoms with Crippen LogP contribution in [0.15, 0.2) is 52.4 Å². The molecule has 1 amide bonds. The van der Waals surface area contributed by atoms with Gasteiger partial charge in [0.15, 0.2) is 0 Å². The minimum atomic E-state index is -0.162. The molecule has 0 spiro atoms. The van der Waals surface area contributed by atoms with E-state index in [1.165, 1.54) is 11.3 Å². The molecule has 0 fully saturated rings. The lowest BCUT2D eigenvalue weighted by Gasteiger charge is -2.04. The van der Waals surface area contributed by atoms with Gasteiger partial charge in [-0.05, 0) is 52.3 Å². The summed E-state index contributed by atoms with van der Waals surface area (Å²) in [4.78, 5) is 20.6. The topological polar surface area (TPSA) is 64.1 Å². The molecule has 1 aromatic carbocycles. The zero-order valence-electron chi connectivity index (χ0n) is 12.9. The molecule has 5 nitrogen and oxygen atoms in total. The molecule has 2 heterocycles. The Labute approximate surface area is 162 Å². The first kappa shape index (κ1) is 17.8. The minimum Gasteiger partial charge on any atom is -0.486 e. The average Bonchev–Trinajstić information content (AvgIpc) is 3.04. The largest absolute Gasteiger partial charge is 0.486 e. The van der Waals surface area contributed by atoms with Gasteiger partial charge < -0.3 is 10.1 Å². The summed E-state index contributed by atoms with van der Waals surface area (Å²) in [5.41, 5.74) is 0.703. The van der Waals surface area contributed by atoms with Crippen molar-refractivity contribution in [3.63, 3.8) is 0 Å². The van der Waals surface area contributed by atoms with Gasteiger partial charge in [-0.3, -0.25) is 4.79 Å². The van der Waals surface area contributed by atoms with E-state index in [4.69, 9.17) is 16.3 Å². The van der Waals surface area contributed by atoms with Crippen LogP contribution in [0.2, 0.25) is 5.02 Å². The predicted molar refractivity (Wildman–Crippen MR) is 102 cm³/mol. The fourth-order valence-electron chi connectivity index (χ4n) is 1.97. The molecule has 3 rings (SSSR count). The van der Waals surface area contributed by atoms with E-state index in [9.17, 15) is 4.79 Å². The monoisotopic (exact) mass is 437 g/mol. The fourth-order valence-corrected chi connectivity index (χ4v) is 3.04. The van der Waals surface area contributed by atoms with E-state index in [1.807, 2.05) is 11.4 Å². The number of hydrogen-bond acceptors (Lipinski definition) is 5. The maximum absolute atomic E-state index is 12.0. The fraction of sp³-hybridized carbons (Fsp3) is 0.118. The summed E-state index contributed by atoms with van der Waals surface area (Å²) in [7, 11) is 0. The van der Waals surface area contributed by atoms with E-state index >= 15 is 0 Å². The number of nitrogens with zero attached hydrogens (tertiary/aromatic N) is 2. The number of benzene rings is 1. The van der Waals surface area contributed by atoms with E-state index in [2.05, 4.69) is 31.2 Å². The lowest BCUT2D eigenvalue weighted by Crippen LogP contribution is -2.15. The number of amides is 1. The highest BCUT2D eigenvalue weighted by atomic mass is 79.9. The van der Waals surface area contributed by atoms with Crippen LogP contribution in [0.25, 0.3) is 0 Å². The Morgan fingerprint density at radius 1 is 1.24 bits per heavy atom. The molecule has 0 bridgehead atoms. The van der Waals surface area contributed by atoms with Crippen molar-refractivity contribution in [3.8, 4) is 5.75 Å². The molecule has 0 atom stereocenters. The van der Waals surface area contributed by atoms with Crippen molar-refractivity contribution >= 4 is 50.6 Å². The van der Waals surface area contributed by atoms with Gasteiger partial charge in [-0.15, -0.1) is 11.3 Å². The third-order valence-electron chi connectivity index (χ3n) is 3.11. The van der Waals surface area contributed by atoms with E-state index in [0.29, 0.717) is 23.1 Å². The zero-order valence-corrected chi connectivity index (χ0v) is 16.1. The number of carbonyl (C=O) groups is 1. The number of hydrogen-bond donors (Lipinski definition) is 1. The molecule has 0 aliphatic carbocycles. The van der Waals surface area contributed by atoms with E-state index in [-0.39, 0.29) is 12.3 Å². The summed E-state index contributed by atoms with van der Waals surface area (Å²) in [6.45, 7) is 0.349. The molecule has 25 heavy (non-hydrogen) atoms. The van der Waals surface area contributed by atoms with Gasteiger partial charge in [-0.2, -0.15) is 0 Å². The summed E-state index contributed by atoms with van der Waals surface area (Å²) in [5.74, 6) is 1.07. The van der Waals surface area contributed by atoms with Crippen LogP contribution in [-0.2, 0) is 17.8 Å². The third-order valence-corrected chi connectivity index (χ3v) is 4.70. The zero-order chi connectivity index (χ0) is 17.6. The van der Waals surface area contributed by atoms with Crippen molar-refractivity contribution in [2.24, 2.45) is 0 Å². The third kappa shape index (κ3) is 5.52. The van der Waals surface area contributed by atoms with Crippen molar-refractivity contribution in [2.45, 2.75) is 13.0 Å². The van der Waals surface area contributed by atoms with Crippen LogP contribution in [0.1, 0.15) is 10.7 Å². The molecular weight excluding hydrogens is 426 g/mol. The van der Waals surface area contributed by atoms with Crippen molar-refractivity contribution in [1.29, 1.82) is 0 Å². The average molecular weight is 439 g/mol. The van der Waals surface area contributed by atoms with Gasteiger partial charge in [-0.25, -0.2) is 9.97 Å². The Kier molecular flexibility index (Phi) is 6.01. The normalized spacial score (nSPS) is 10.5. The van der Waals surface area contributed by atoms with Crippen LogP contribution in [-0.4, -0.2) is 15.9 Å². The second-order valence-corrected chi connectivity index (χ2v) is 7.36. The number of thiazole rings is 1. The van der Waals surface area contributed by atoms with E-state index < -0.39 is 0 Å². The van der Waals surface area contributed by atoms with Crippen LogP contribution >= 0.6 is 38.9 Å². The minimum absolute atomic E-state index is 0.162. The molecule has 0 aliphatic rings. The summed E-state index contributed by atoms with van der Waals surface area (Å²) in [6, 6.07) is 10.7. The second-order valence-electron chi connectivity index (χ2n) is 5.06. The standard InChI is InChI=1S/C17H13BrClN3O2S/c18-11-1-6-15(20-8-11)22-16(23)7-13-10-25-17(21-13)9-24-14-4-2-12(19)3-5-14/h1-6,8,10H,7,9H2,(H,20,22,23). The molecule has 0 radical (unpaired) electrons. The first-order valence-electron chi connectivity index (χ1n) is 7.31. The Morgan fingerprint density at radius 2 is 2.04 bits per heavy atom. The first-order chi connectivity index (χ1) is 12.1. The predicted octanol–water partition coefficient (Wildman–Crippen LogP) is 4.71. The Bertz CT molecular complexity index is 853. The Hall–Kier alpha value is -1.96. The van der Waals surface area contributed by atoms with Crippen molar-refractivity contribution < 1.29 is 9.53 Å².